The maximum Gasteiger partial charge on any atom is 0.144 e. The first-order chi connectivity index (χ1) is 8.72. The van der Waals surface area contributed by atoms with E-state index in [1.807, 2.05) is 25.1 Å². The molecule has 4 nitrogen and oxygen atoms in total. The van der Waals surface area contributed by atoms with Crippen LogP contribution in [-0.4, -0.2) is 37.7 Å². The average Bonchev–Trinajstić information content (AvgIpc) is 3.18. The number of ether oxygens (including phenoxy) is 1. The fourth-order valence-electron chi connectivity index (χ4n) is 2.04. The van der Waals surface area contributed by atoms with E-state index in [1.54, 1.807) is 0 Å². The van der Waals surface area contributed by atoms with Gasteiger partial charge in [-0.25, -0.2) is 0 Å². The van der Waals surface area contributed by atoms with Gasteiger partial charge in [-0.2, -0.15) is 0 Å². The molecule has 0 atom stereocenters. The molecule has 0 amide bonds. The van der Waals surface area contributed by atoms with Crippen molar-refractivity contribution >= 4 is 11.4 Å². The zero-order chi connectivity index (χ0) is 13.0. The Kier molecular flexibility index (Phi) is 4.31. The maximum absolute atomic E-state index is 6.06. The highest BCUT2D eigenvalue weighted by Gasteiger charge is 2.25. The largest absolute Gasteiger partial charge is 0.492 e. The van der Waals surface area contributed by atoms with Gasteiger partial charge in [0, 0.05) is 19.1 Å². The number of benzene rings is 1. The van der Waals surface area contributed by atoms with Crippen LogP contribution in [0.3, 0.4) is 0 Å². The molecule has 0 spiro atoms. The summed E-state index contributed by atoms with van der Waals surface area (Å²) in [5.41, 5.74) is 7.72. The van der Waals surface area contributed by atoms with E-state index in [0.29, 0.717) is 12.3 Å². The SMILES string of the molecule is CCOc1cccc(NCCN(C)C2CC2)c1N. The lowest BCUT2D eigenvalue weighted by molar-refractivity contribution is 0.337. The molecule has 0 unspecified atom stereocenters. The Morgan fingerprint density at radius 3 is 2.89 bits per heavy atom. The first kappa shape index (κ1) is 13.0. The van der Waals surface area contributed by atoms with Gasteiger partial charge >= 0.3 is 0 Å². The number of para-hydroxylation sites is 1. The second-order valence-corrected chi connectivity index (χ2v) is 4.79. The summed E-state index contributed by atoms with van der Waals surface area (Å²) in [4.78, 5) is 2.40. The van der Waals surface area contributed by atoms with Crippen LogP contribution in [0.5, 0.6) is 5.75 Å². The second-order valence-electron chi connectivity index (χ2n) is 4.79. The number of nitrogens with one attached hydrogen (secondary N) is 1. The summed E-state index contributed by atoms with van der Waals surface area (Å²) in [6, 6.07) is 6.67. The Morgan fingerprint density at radius 2 is 2.22 bits per heavy atom. The van der Waals surface area contributed by atoms with E-state index in [0.717, 1.165) is 30.6 Å². The predicted molar refractivity (Wildman–Crippen MR) is 76.2 cm³/mol. The van der Waals surface area contributed by atoms with E-state index >= 15 is 0 Å². The first-order valence-corrected chi connectivity index (χ1v) is 6.67. The Labute approximate surface area is 109 Å². The topological polar surface area (TPSA) is 50.5 Å². The summed E-state index contributed by atoms with van der Waals surface area (Å²) in [6.07, 6.45) is 2.69. The molecule has 3 N–H and O–H groups in total. The zero-order valence-electron chi connectivity index (χ0n) is 11.3. The summed E-state index contributed by atoms with van der Waals surface area (Å²) < 4.78 is 5.48. The van der Waals surface area contributed by atoms with E-state index in [9.17, 15) is 0 Å². The van der Waals surface area contributed by atoms with Gasteiger partial charge < -0.3 is 20.7 Å². The molecular weight excluding hydrogens is 226 g/mol. The molecule has 0 aromatic heterocycles. The third-order valence-electron chi connectivity index (χ3n) is 3.32. The summed E-state index contributed by atoms with van der Waals surface area (Å²) in [5, 5.41) is 3.38. The normalized spacial score (nSPS) is 14.8. The minimum absolute atomic E-state index is 0.637. The molecule has 1 aromatic rings. The Bertz CT molecular complexity index is 391. The molecule has 18 heavy (non-hydrogen) atoms. The fourth-order valence-corrected chi connectivity index (χ4v) is 2.04. The monoisotopic (exact) mass is 249 g/mol. The second kappa shape index (κ2) is 5.96. The van der Waals surface area contributed by atoms with Gasteiger partial charge in [0.15, 0.2) is 0 Å². The maximum atomic E-state index is 6.06. The minimum Gasteiger partial charge on any atom is -0.492 e. The number of anilines is 2. The highest BCUT2D eigenvalue weighted by atomic mass is 16.5. The summed E-state index contributed by atoms with van der Waals surface area (Å²) in [6.45, 7) is 4.55. The minimum atomic E-state index is 0.637. The van der Waals surface area contributed by atoms with Crippen molar-refractivity contribution in [3.63, 3.8) is 0 Å². The summed E-state index contributed by atoms with van der Waals surface area (Å²) in [5.74, 6) is 0.762. The van der Waals surface area contributed by atoms with Gasteiger partial charge in [0.25, 0.3) is 0 Å². The van der Waals surface area contributed by atoms with Crippen LogP contribution >= 0.6 is 0 Å². The molecule has 0 saturated heterocycles. The molecule has 2 rings (SSSR count). The van der Waals surface area contributed by atoms with Gasteiger partial charge in [0.2, 0.25) is 0 Å². The molecule has 0 aliphatic heterocycles. The number of likely N-dealkylation sites (N-methyl/N-ethyl adjacent to an activating group) is 1. The molecular formula is C14H23N3O. The third-order valence-corrected chi connectivity index (χ3v) is 3.32. The van der Waals surface area contributed by atoms with Gasteiger partial charge in [-0.1, -0.05) is 6.07 Å². The van der Waals surface area contributed by atoms with Crippen molar-refractivity contribution in [1.82, 2.24) is 4.90 Å². The Balaban J connectivity index is 1.86. The number of hydrogen-bond donors (Lipinski definition) is 2. The van der Waals surface area contributed by atoms with Crippen molar-refractivity contribution in [3.8, 4) is 5.75 Å². The smallest absolute Gasteiger partial charge is 0.144 e. The fraction of sp³-hybridized carbons (Fsp3) is 0.571. The van der Waals surface area contributed by atoms with E-state index in [4.69, 9.17) is 10.5 Å². The van der Waals surface area contributed by atoms with Crippen LogP contribution in [0.15, 0.2) is 18.2 Å². The Morgan fingerprint density at radius 1 is 1.44 bits per heavy atom. The predicted octanol–water partition coefficient (Wildman–Crippen LogP) is 2.17. The molecule has 1 fully saturated rings. The van der Waals surface area contributed by atoms with Crippen molar-refractivity contribution in [2.75, 3.05) is 37.8 Å². The lowest BCUT2D eigenvalue weighted by Gasteiger charge is -2.17. The quantitative estimate of drug-likeness (QED) is 0.727. The highest BCUT2D eigenvalue weighted by Crippen LogP contribution is 2.29. The summed E-state index contributed by atoms with van der Waals surface area (Å²) >= 11 is 0. The molecule has 1 saturated carbocycles. The lowest BCUT2D eigenvalue weighted by Crippen LogP contribution is -2.27. The highest BCUT2D eigenvalue weighted by molar-refractivity contribution is 5.72. The van der Waals surface area contributed by atoms with Crippen LogP contribution in [0, 0.1) is 0 Å². The summed E-state index contributed by atoms with van der Waals surface area (Å²) in [7, 11) is 2.18. The van der Waals surface area contributed by atoms with Gasteiger partial charge in [0.1, 0.15) is 5.75 Å². The average molecular weight is 249 g/mol. The standard InChI is InChI=1S/C14H23N3O/c1-3-18-13-6-4-5-12(14(13)15)16-9-10-17(2)11-7-8-11/h4-6,11,16H,3,7-10,15H2,1-2H3. The van der Waals surface area contributed by atoms with Crippen molar-refractivity contribution in [3.05, 3.63) is 18.2 Å². The van der Waals surface area contributed by atoms with E-state index in [2.05, 4.69) is 17.3 Å². The van der Waals surface area contributed by atoms with Gasteiger partial charge in [-0.3, -0.25) is 0 Å². The molecule has 1 aliphatic rings. The van der Waals surface area contributed by atoms with Crippen LogP contribution in [-0.2, 0) is 0 Å². The van der Waals surface area contributed by atoms with Crippen LogP contribution < -0.4 is 15.8 Å². The van der Waals surface area contributed by atoms with Crippen molar-refractivity contribution in [1.29, 1.82) is 0 Å². The molecule has 0 radical (unpaired) electrons. The Hall–Kier alpha value is -1.42. The number of rotatable bonds is 7. The van der Waals surface area contributed by atoms with Crippen molar-refractivity contribution in [2.45, 2.75) is 25.8 Å². The lowest BCUT2D eigenvalue weighted by atomic mass is 10.2. The van der Waals surface area contributed by atoms with Gasteiger partial charge in [-0.15, -0.1) is 0 Å². The van der Waals surface area contributed by atoms with Crippen LogP contribution in [0.25, 0.3) is 0 Å². The zero-order valence-corrected chi connectivity index (χ0v) is 11.3. The van der Waals surface area contributed by atoms with Crippen LogP contribution in [0.4, 0.5) is 11.4 Å². The van der Waals surface area contributed by atoms with Crippen LogP contribution in [0.2, 0.25) is 0 Å². The molecule has 1 aromatic carbocycles. The number of nitrogens with two attached hydrogens (primary N) is 1. The van der Waals surface area contributed by atoms with E-state index in [-0.39, 0.29) is 0 Å². The van der Waals surface area contributed by atoms with Crippen molar-refractivity contribution in [2.24, 2.45) is 0 Å². The van der Waals surface area contributed by atoms with E-state index in [1.165, 1.54) is 12.8 Å². The molecule has 0 bridgehead atoms. The van der Waals surface area contributed by atoms with Gasteiger partial charge in [0.05, 0.1) is 18.0 Å². The van der Waals surface area contributed by atoms with E-state index < -0.39 is 0 Å². The number of nitrogen functional groups attached to an aromatic ring is 1. The number of hydrogen-bond acceptors (Lipinski definition) is 4. The third kappa shape index (κ3) is 3.29. The first-order valence-electron chi connectivity index (χ1n) is 6.67. The van der Waals surface area contributed by atoms with Crippen molar-refractivity contribution < 1.29 is 4.74 Å². The molecule has 1 aliphatic carbocycles. The molecule has 4 heteroatoms. The molecule has 0 heterocycles. The van der Waals surface area contributed by atoms with Gasteiger partial charge in [-0.05, 0) is 38.9 Å². The number of nitrogens with zero attached hydrogens (tertiary/aromatic N) is 1. The molecule has 100 valence electrons. The van der Waals surface area contributed by atoms with Crippen LogP contribution in [0.1, 0.15) is 19.8 Å².